The molecule has 6 heteroatoms. The third-order valence-electron chi connectivity index (χ3n) is 1.21. The first kappa shape index (κ1) is 12.1. The van der Waals surface area contributed by atoms with Crippen LogP contribution in [0.4, 0.5) is 4.79 Å². The molecule has 0 unspecified atom stereocenters. The van der Waals surface area contributed by atoms with Crippen molar-refractivity contribution >= 4 is 40.8 Å². The number of alkyl halides is 3. The first-order chi connectivity index (χ1) is 5.40. The summed E-state index contributed by atoms with van der Waals surface area (Å²) in [5.41, 5.74) is 0. The van der Waals surface area contributed by atoms with Crippen LogP contribution in [0, 0.1) is 0 Å². The van der Waals surface area contributed by atoms with Gasteiger partial charge in [0.1, 0.15) is 0 Å². The zero-order valence-corrected chi connectivity index (χ0v) is 9.12. The Morgan fingerprint density at radius 2 is 2.00 bits per heavy atom. The van der Waals surface area contributed by atoms with E-state index in [1.165, 1.54) is 11.9 Å². The number of nitrogens with zero attached hydrogens (tertiary/aromatic N) is 2. The van der Waals surface area contributed by atoms with Crippen LogP contribution >= 0.6 is 34.8 Å². The monoisotopic (exact) mass is 231 g/mol. The molecule has 0 atom stereocenters. The van der Waals surface area contributed by atoms with Crippen LogP contribution in [0.15, 0.2) is 0 Å². The first-order valence-electron chi connectivity index (χ1n) is 3.36. The highest BCUT2D eigenvalue weighted by molar-refractivity contribution is 6.67. The first-order valence-corrected chi connectivity index (χ1v) is 4.49. The van der Waals surface area contributed by atoms with Gasteiger partial charge < -0.3 is 4.90 Å². The van der Waals surface area contributed by atoms with Gasteiger partial charge in [0.2, 0.25) is 3.79 Å². The maximum Gasteiger partial charge on any atom is 0.338 e. The Hall–Kier alpha value is 0.140. The van der Waals surface area contributed by atoms with E-state index in [0.29, 0.717) is 6.54 Å². The van der Waals surface area contributed by atoms with Crippen LogP contribution in [0.5, 0.6) is 0 Å². The van der Waals surface area contributed by atoms with Gasteiger partial charge in [0, 0.05) is 13.6 Å². The highest BCUT2D eigenvalue weighted by Gasteiger charge is 2.25. The Morgan fingerprint density at radius 3 is 2.25 bits per heavy atom. The van der Waals surface area contributed by atoms with Crippen molar-refractivity contribution in [2.45, 2.75) is 10.7 Å². The Balaban J connectivity index is 4.09. The predicted octanol–water partition coefficient (Wildman–Crippen LogP) is 2.03. The molecule has 0 aliphatic carbocycles. The average molecular weight is 233 g/mol. The van der Waals surface area contributed by atoms with Crippen molar-refractivity contribution in [2.75, 3.05) is 20.1 Å². The lowest BCUT2D eigenvalue weighted by Crippen LogP contribution is -2.40. The third-order valence-corrected chi connectivity index (χ3v) is 1.57. The van der Waals surface area contributed by atoms with Crippen LogP contribution in [-0.4, -0.2) is 34.9 Å². The minimum absolute atomic E-state index is 0.0599. The van der Waals surface area contributed by atoms with Crippen molar-refractivity contribution in [3.05, 3.63) is 0 Å². The number of amides is 2. The molecule has 0 aromatic rings. The van der Waals surface area contributed by atoms with Crippen LogP contribution in [0.25, 0.3) is 0 Å². The van der Waals surface area contributed by atoms with E-state index >= 15 is 0 Å². The van der Waals surface area contributed by atoms with Crippen LogP contribution in [0.2, 0.25) is 0 Å². The molecule has 0 rings (SSSR count). The molecule has 71 valence electrons. The Labute approximate surface area is 86.9 Å². The van der Waals surface area contributed by atoms with Crippen LogP contribution in [-0.2, 0) is 0 Å². The standard InChI is InChI=1S/C6H10Cl3N2O/c1-3-11(5(12)10-2)4-6(7,8)9/h3-4H2,1-2H3. The van der Waals surface area contributed by atoms with Gasteiger partial charge in [0.05, 0.1) is 6.54 Å². The number of rotatable bonds is 2. The number of carbonyl (C=O) groups is 1. The summed E-state index contributed by atoms with van der Waals surface area (Å²) in [7, 11) is 1.41. The fourth-order valence-corrected chi connectivity index (χ4v) is 1.11. The quantitative estimate of drug-likeness (QED) is 0.671. The van der Waals surface area contributed by atoms with Gasteiger partial charge in [-0.1, -0.05) is 34.8 Å². The van der Waals surface area contributed by atoms with E-state index in [4.69, 9.17) is 34.8 Å². The minimum Gasteiger partial charge on any atom is -0.319 e. The number of carbonyl (C=O) groups excluding carboxylic acids is 1. The summed E-state index contributed by atoms with van der Waals surface area (Å²) >= 11 is 16.5. The molecule has 2 amide bonds. The number of halogens is 3. The summed E-state index contributed by atoms with van der Waals surface area (Å²) in [6, 6.07) is -0.371. The van der Waals surface area contributed by atoms with E-state index in [2.05, 4.69) is 5.32 Å². The minimum atomic E-state index is -1.43. The van der Waals surface area contributed by atoms with Crippen LogP contribution in [0.3, 0.4) is 0 Å². The maximum absolute atomic E-state index is 11.0. The summed E-state index contributed by atoms with van der Waals surface area (Å²) in [6.07, 6.45) is 0. The van der Waals surface area contributed by atoms with E-state index in [1.807, 2.05) is 0 Å². The summed E-state index contributed by atoms with van der Waals surface area (Å²) in [5, 5.41) is 3.45. The lowest BCUT2D eigenvalue weighted by atomic mass is 10.5. The van der Waals surface area contributed by atoms with Gasteiger partial charge in [-0.2, -0.15) is 0 Å². The highest BCUT2D eigenvalue weighted by Crippen LogP contribution is 2.26. The van der Waals surface area contributed by atoms with Crippen LogP contribution in [0.1, 0.15) is 6.92 Å². The molecular weight excluding hydrogens is 222 g/mol. The largest absolute Gasteiger partial charge is 0.338 e. The normalized spacial score (nSPS) is 11.1. The summed E-state index contributed by atoms with van der Waals surface area (Å²) < 4.78 is -1.43. The smallest absolute Gasteiger partial charge is 0.319 e. The topological polar surface area (TPSA) is 34.4 Å². The molecule has 1 radical (unpaired) electrons. The van der Waals surface area contributed by atoms with Crippen molar-refractivity contribution < 1.29 is 4.79 Å². The average Bonchev–Trinajstić information content (AvgIpc) is 1.97. The van der Waals surface area contributed by atoms with E-state index in [-0.39, 0.29) is 12.6 Å². The second-order valence-electron chi connectivity index (χ2n) is 2.14. The Bertz CT molecular complexity index is 157. The number of hydrogen-bond acceptors (Lipinski definition) is 1. The fraction of sp³-hybridized carbons (Fsp3) is 0.833. The molecule has 0 aromatic carbocycles. The van der Waals surface area contributed by atoms with Gasteiger partial charge in [-0.05, 0) is 6.92 Å². The molecule has 0 bridgehead atoms. The third kappa shape index (κ3) is 4.91. The van der Waals surface area contributed by atoms with Gasteiger partial charge in [0.25, 0.3) is 0 Å². The fourth-order valence-electron chi connectivity index (χ4n) is 0.673. The van der Waals surface area contributed by atoms with Gasteiger partial charge in [-0.25, -0.2) is 10.1 Å². The molecule has 12 heavy (non-hydrogen) atoms. The molecule has 0 saturated heterocycles. The second kappa shape index (κ2) is 5.00. The Kier molecular flexibility index (Phi) is 5.06. The van der Waals surface area contributed by atoms with E-state index in [9.17, 15) is 4.79 Å². The van der Waals surface area contributed by atoms with Gasteiger partial charge in [-0.15, -0.1) is 0 Å². The maximum atomic E-state index is 11.0. The summed E-state index contributed by atoms with van der Waals surface area (Å²) in [5.74, 6) is 0. The summed E-state index contributed by atoms with van der Waals surface area (Å²) in [6.45, 7) is 2.33. The molecule has 0 fully saturated rings. The lowest BCUT2D eigenvalue weighted by Gasteiger charge is -2.23. The zero-order chi connectivity index (χ0) is 9.78. The molecule has 0 aliphatic heterocycles. The Morgan fingerprint density at radius 1 is 1.50 bits per heavy atom. The van der Waals surface area contributed by atoms with Crippen molar-refractivity contribution in [1.29, 1.82) is 0 Å². The molecule has 0 aromatic heterocycles. The van der Waals surface area contributed by atoms with Crippen molar-refractivity contribution in [3.63, 3.8) is 0 Å². The van der Waals surface area contributed by atoms with E-state index in [0.717, 1.165) is 0 Å². The van der Waals surface area contributed by atoms with Crippen molar-refractivity contribution in [1.82, 2.24) is 10.2 Å². The number of hydrogen-bond donors (Lipinski definition) is 0. The molecule has 0 spiro atoms. The van der Waals surface area contributed by atoms with Gasteiger partial charge in [-0.3, -0.25) is 0 Å². The lowest BCUT2D eigenvalue weighted by molar-refractivity contribution is 0.203. The van der Waals surface area contributed by atoms with Crippen molar-refractivity contribution in [3.8, 4) is 0 Å². The molecular formula is C6H10Cl3N2O. The van der Waals surface area contributed by atoms with Gasteiger partial charge >= 0.3 is 6.03 Å². The van der Waals surface area contributed by atoms with E-state index < -0.39 is 3.79 Å². The molecule has 0 saturated carbocycles. The van der Waals surface area contributed by atoms with Crippen molar-refractivity contribution in [2.24, 2.45) is 0 Å². The molecule has 3 nitrogen and oxygen atoms in total. The summed E-state index contributed by atoms with van der Waals surface area (Å²) in [4.78, 5) is 12.4. The SMILES string of the molecule is CCN(CC(Cl)(Cl)Cl)C(=O)[N]C. The second-order valence-corrected chi connectivity index (χ2v) is 4.65. The number of urea groups is 1. The zero-order valence-electron chi connectivity index (χ0n) is 6.85. The molecule has 0 heterocycles. The van der Waals surface area contributed by atoms with E-state index in [1.54, 1.807) is 6.92 Å². The van der Waals surface area contributed by atoms with Crippen LogP contribution < -0.4 is 5.32 Å². The van der Waals surface area contributed by atoms with Gasteiger partial charge in [0.15, 0.2) is 0 Å². The molecule has 0 N–H and O–H groups in total. The highest BCUT2D eigenvalue weighted by atomic mass is 35.6. The molecule has 0 aliphatic rings. The predicted molar refractivity (Wildman–Crippen MR) is 51.0 cm³/mol.